The summed E-state index contributed by atoms with van der Waals surface area (Å²) < 4.78 is 18.9. The number of nitrogens with one attached hydrogen (secondary N) is 2. The molecule has 1 atom stereocenters. The third kappa shape index (κ3) is 7.91. The van der Waals surface area contributed by atoms with Crippen LogP contribution < -0.4 is 15.4 Å². The standard InChI is InChI=1S/C23H33FN4OS.HI/c1-4-25-23(26-15-17(2)22-6-5-13-30-22)27-19-9-11-28(12-10-19)16-18-7-8-21(29-3)20(24)14-18;/h5-8,13-14,17,19H,4,9-12,15-16H2,1-3H3,(H2,25,26,27);1H. The first kappa shape index (κ1) is 25.9. The first-order chi connectivity index (χ1) is 14.6. The molecule has 1 saturated heterocycles. The van der Waals surface area contributed by atoms with Crippen LogP contribution in [0, 0.1) is 5.82 Å². The molecule has 2 aromatic rings. The zero-order valence-electron chi connectivity index (χ0n) is 18.6. The molecular weight excluding hydrogens is 526 g/mol. The van der Waals surface area contributed by atoms with E-state index in [1.165, 1.54) is 12.0 Å². The van der Waals surface area contributed by atoms with Crippen molar-refractivity contribution in [2.45, 2.75) is 45.2 Å². The largest absolute Gasteiger partial charge is 0.494 e. The molecule has 31 heavy (non-hydrogen) atoms. The fourth-order valence-corrected chi connectivity index (χ4v) is 4.48. The number of benzene rings is 1. The molecule has 0 bridgehead atoms. The van der Waals surface area contributed by atoms with E-state index in [0.29, 0.717) is 17.7 Å². The van der Waals surface area contributed by atoms with Gasteiger partial charge in [-0.15, -0.1) is 35.3 Å². The Kier molecular flexibility index (Phi) is 11.0. The van der Waals surface area contributed by atoms with E-state index in [1.54, 1.807) is 23.5 Å². The molecule has 1 aromatic heterocycles. The predicted molar refractivity (Wildman–Crippen MR) is 139 cm³/mol. The monoisotopic (exact) mass is 560 g/mol. The first-order valence-electron chi connectivity index (χ1n) is 10.7. The number of halogens is 2. The number of nitrogens with zero attached hydrogens (tertiary/aromatic N) is 2. The van der Waals surface area contributed by atoms with Crippen LogP contribution in [0.2, 0.25) is 0 Å². The van der Waals surface area contributed by atoms with Crippen LogP contribution >= 0.6 is 35.3 Å². The minimum absolute atomic E-state index is 0. The number of hydrogen-bond donors (Lipinski definition) is 2. The molecular formula is C23H34FIN4OS. The second-order valence-corrected chi connectivity index (χ2v) is 8.78. The van der Waals surface area contributed by atoms with Crippen molar-refractivity contribution >= 4 is 41.3 Å². The molecule has 1 unspecified atom stereocenters. The summed E-state index contributed by atoms with van der Waals surface area (Å²) in [6.45, 7) is 8.67. The lowest BCUT2D eigenvalue weighted by Crippen LogP contribution is -2.48. The molecule has 1 fully saturated rings. The van der Waals surface area contributed by atoms with Crippen molar-refractivity contribution in [3.63, 3.8) is 0 Å². The number of thiophene rings is 1. The minimum atomic E-state index is -0.296. The molecule has 1 aliphatic rings. The van der Waals surface area contributed by atoms with Crippen LogP contribution in [0.25, 0.3) is 0 Å². The van der Waals surface area contributed by atoms with E-state index in [1.807, 2.05) is 6.07 Å². The highest BCUT2D eigenvalue weighted by atomic mass is 127. The van der Waals surface area contributed by atoms with E-state index < -0.39 is 0 Å². The highest BCUT2D eigenvalue weighted by molar-refractivity contribution is 14.0. The molecule has 5 nitrogen and oxygen atoms in total. The third-order valence-corrected chi connectivity index (χ3v) is 6.55. The number of likely N-dealkylation sites (tertiary alicyclic amines) is 1. The average molecular weight is 561 g/mol. The van der Waals surface area contributed by atoms with Crippen molar-refractivity contribution in [3.8, 4) is 5.75 Å². The summed E-state index contributed by atoms with van der Waals surface area (Å²) in [7, 11) is 1.49. The number of aliphatic imine (C=N–C) groups is 1. The molecule has 8 heteroatoms. The van der Waals surface area contributed by atoms with Crippen LogP contribution in [0.5, 0.6) is 5.75 Å². The van der Waals surface area contributed by atoms with Crippen molar-refractivity contribution in [2.75, 3.05) is 33.3 Å². The minimum Gasteiger partial charge on any atom is -0.494 e. The maximum Gasteiger partial charge on any atom is 0.191 e. The molecule has 0 radical (unpaired) electrons. The van der Waals surface area contributed by atoms with Gasteiger partial charge in [0, 0.05) is 43.0 Å². The zero-order valence-corrected chi connectivity index (χ0v) is 21.7. The third-order valence-electron chi connectivity index (χ3n) is 5.45. The maximum absolute atomic E-state index is 13.9. The molecule has 2 N–H and O–H groups in total. The second-order valence-electron chi connectivity index (χ2n) is 7.80. The molecule has 0 aliphatic carbocycles. The van der Waals surface area contributed by atoms with E-state index in [4.69, 9.17) is 9.73 Å². The quantitative estimate of drug-likeness (QED) is 0.276. The lowest BCUT2D eigenvalue weighted by atomic mass is 10.0. The molecule has 2 heterocycles. The van der Waals surface area contributed by atoms with Gasteiger partial charge in [0.1, 0.15) is 0 Å². The van der Waals surface area contributed by atoms with Crippen LogP contribution in [-0.4, -0.2) is 50.2 Å². The van der Waals surface area contributed by atoms with Gasteiger partial charge in [0.15, 0.2) is 17.5 Å². The highest BCUT2D eigenvalue weighted by Gasteiger charge is 2.20. The summed E-state index contributed by atoms with van der Waals surface area (Å²) in [5.41, 5.74) is 0.983. The van der Waals surface area contributed by atoms with Gasteiger partial charge in [-0.3, -0.25) is 9.89 Å². The van der Waals surface area contributed by atoms with Crippen LogP contribution in [0.15, 0.2) is 40.7 Å². The van der Waals surface area contributed by atoms with Gasteiger partial charge in [0.2, 0.25) is 0 Å². The fourth-order valence-electron chi connectivity index (χ4n) is 3.71. The number of ether oxygens (including phenoxy) is 1. The Morgan fingerprint density at radius 3 is 2.71 bits per heavy atom. The smallest absolute Gasteiger partial charge is 0.191 e. The fraction of sp³-hybridized carbons (Fsp3) is 0.522. The number of rotatable bonds is 8. The van der Waals surface area contributed by atoms with Crippen molar-refractivity contribution < 1.29 is 9.13 Å². The molecule has 0 amide bonds. The van der Waals surface area contributed by atoms with E-state index >= 15 is 0 Å². The van der Waals surface area contributed by atoms with Crippen molar-refractivity contribution in [3.05, 3.63) is 52.0 Å². The predicted octanol–water partition coefficient (Wildman–Crippen LogP) is 4.84. The number of guanidine groups is 1. The zero-order chi connectivity index (χ0) is 21.3. The number of piperidine rings is 1. The SMILES string of the molecule is CCNC(=NCC(C)c1cccs1)NC1CCN(Cc2ccc(OC)c(F)c2)CC1.I. The number of methoxy groups -OCH3 is 1. The van der Waals surface area contributed by atoms with Crippen LogP contribution in [0.1, 0.15) is 43.0 Å². The summed E-state index contributed by atoms with van der Waals surface area (Å²) in [6.07, 6.45) is 2.09. The van der Waals surface area contributed by atoms with Gasteiger partial charge in [-0.1, -0.05) is 19.1 Å². The van der Waals surface area contributed by atoms with E-state index in [2.05, 4.69) is 46.9 Å². The Labute approximate surface area is 206 Å². The van der Waals surface area contributed by atoms with Gasteiger partial charge >= 0.3 is 0 Å². The summed E-state index contributed by atoms with van der Waals surface area (Å²) in [4.78, 5) is 8.56. The van der Waals surface area contributed by atoms with Crippen molar-refractivity contribution in [2.24, 2.45) is 4.99 Å². The molecule has 3 rings (SSSR count). The average Bonchev–Trinajstić information content (AvgIpc) is 3.28. The second kappa shape index (κ2) is 13.2. The Morgan fingerprint density at radius 1 is 1.32 bits per heavy atom. The van der Waals surface area contributed by atoms with Crippen LogP contribution in [0.3, 0.4) is 0 Å². The Bertz CT molecular complexity index is 810. The topological polar surface area (TPSA) is 48.9 Å². The Balaban J connectivity index is 0.00000341. The maximum atomic E-state index is 13.9. The highest BCUT2D eigenvalue weighted by Crippen LogP contribution is 2.21. The van der Waals surface area contributed by atoms with Gasteiger partial charge in [0.05, 0.1) is 13.7 Å². The normalized spacial score (nSPS) is 16.5. The van der Waals surface area contributed by atoms with Gasteiger partial charge in [-0.05, 0) is 48.9 Å². The van der Waals surface area contributed by atoms with Crippen LogP contribution in [-0.2, 0) is 6.54 Å². The summed E-state index contributed by atoms with van der Waals surface area (Å²) >= 11 is 1.79. The first-order valence-corrected chi connectivity index (χ1v) is 11.6. The van der Waals surface area contributed by atoms with E-state index in [0.717, 1.165) is 57.1 Å². The Morgan fingerprint density at radius 2 is 2.10 bits per heavy atom. The molecule has 172 valence electrons. The van der Waals surface area contributed by atoms with Crippen LogP contribution in [0.4, 0.5) is 4.39 Å². The van der Waals surface area contributed by atoms with Crippen molar-refractivity contribution in [1.82, 2.24) is 15.5 Å². The van der Waals surface area contributed by atoms with E-state index in [-0.39, 0.29) is 29.8 Å². The van der Waals surface area contributed by atoms with Gasteiger partial charge in [0.25, 0.3) is 0 Å². The Hall–Kier alpha value is -1.39. The summed E-state index contributed by atoms with van der Waals surface area (Å²) in [6, 6.07) is 9.90. The molecule has 1 aromatic carbocycles. The summed E-state index contributed by atoms with van der Waals surface area (Å²) in [5.74, 6) is 1.32. The van der Waals surface area contributed by atoms with Gasteiger partial charge < -0.3 is 15.4 Å². The molecule has 1 aliphatic heterocycles. The molecule has 0 saturated carbocycles. The lowest BCUT2D eigenvalue weighted by Gasteiger charge is -2.33. The van der Waals surface area contributed by atoms with Gasteiger partial charge in [-0.2, -0.15) is 0 Å². The molecule has 0 spiro atoms. The van der Waals surface area contributed by atoms with E-state index in [9.17, 15) is 4.39 Å². The van der Waals surface area contributed by atoms with Gasteiger partial charge in [-0.25, -0.2) is 4.39 Å². The summed E-state index contributed by atoms with van der Waals surface area (Å²) in [5, 5.41) is 9.10. The number of hydrogen-bond acceptors (Lipinski definition) is 4. The lowest BCUT2D eigenvalue weighted by molar-refractivity contribution is 0.198. The van der Waals surface area contributed by atoms with Crippen molar-refractivity contribution in [1.29, 1.82) is 0 Å².